The van der Waals surface area contributed by atoms with Crippen molar-refractivity contribution in [3.8, 4) is 0 Å². The average molecular weight is 253 g/mol. The first kappa shape index (κ1) is 8.78. The summed E-state index contributed by atoms with van der Waals surface area (Å²) in [5.74, 6) is 0. The molecule has 0 unspecified atom stereocenters. The van der Waals surface area contributed by atoms with Gasteiger partial charge in [-0.15, -0.1) is 0 Å². The topological polar surface area (TPSA) is 3.24 Å². The van der Waals surface area contributed by atoms with Crippen molar-refractivity contribution in [3.63, 3.8) is 0 Å². The second-order valence-electron chi connectivity index (χ2n) is 2.97. The Bertz CT molecular complexity index is 95.3. The van der Waals surface area contributed by atoms with Crippen molar-refractivity contribution in [2.24, 2.45) is 0 Å². The summed E-state index contributed by atoms with van der Waals surface area (Å²) in [6.07, 6.45) is 5.53. The summed E-state index contributed by atoms with van der Waals surface area (Å²) in [6, 6.07) is 0. The molecule has 0 radical (unpaired) electrons. The molecule has 1 nitrogen and oxygen atoms in total. The third-order valence-corrected chi connectivity index (χ3v) is 3.49. The molecule has 1 atom stereocenters. The van der Waals surface area contributed by atoms with Crippen molar-refractivity contribution in [1.29, 1.82) is 0 Å². The number of hydrogen-bond acceptors (Lipinski definition) is 1. The smallest absolute Gasteiger partial charge is 0.0619 e. The van der Waals surface area contributed by atoms with E-state index in [4.69, 9.17) is 0 Å². The fraction of sp³-hybridized carbons (Fsp3) is 1.00. The molecule has 1 fully saturated rings. The van der Waals surface area contributed by atoms with Gasteiger partial charge in [0.2, 0.25) is 0 Å². The summed E-state index contributed by atoms with van der Waals surface area (Å²) >= 11 is 2.56. The van der Waals surface area contributed by atoms with E-state index in [9.17, 15) is 0 Å². The number of hydrogen-bond donors (Lipinski definition) is 0. The van der Waals surface area contributed by atoms with E-state index in [1.165, 1.54) is 38.8 Å². The van der Waals surface area contributed by atoms with Gasteiger partial charge in [-0.2, -0.15) is 0 Å². The predicted molar refractivity (Wildman–Crippen MR) is 53.5 cm³/mol. The fourth-order valence-corrected chi connectivity index (χ4v) is 2.40. The standard InChI is InChI=1S/C8H16IN/c1-2-3-6-10-7-4-5-8(10)9/h8H,2-7H2,1H3/t8-/m0/s1. The van der Waals surface area contributed by atoms with Crippen LogP contribution in [-0.2, 0) is 0 Å². The van der Waals surface area contributed by atoms with E-state index in [1.54, 1.807) is 0 Å². The summed E-state index contributed by atoms with van der Waals surface area (Å²) in [5, 5.41) is 0. The SMILES string of the molecule is CCCCN1CCC[C@H]1I. The molecule has 1 rings (SSSR count). The monoisotopic (exact) mass is 253 g/mol. The quantitative estimate of drug-likeness (QED) is 0.424. The first-order chi connectivity index (χ1) is 4.84. The highest BCUT2D eigenvalue weighted by Gasteiger charge is 2.19. The molecule has 2 heteroatoms. The van der Waals surface area contributed by atoms with E-state index in [1.807, 2.05) is 0 Å². The minimum absolute atomic E-state index is 0.837. The highest BCUT2D eigenvalue weighted by Crippen LogP contribution is 2.22. The van der Waals surface area contributed by atoms with Crippen molar-refractivity contribution < 1.29 is 0 Å². The van der Waals surface area contributed by atoms with Gasteiger partial charge in [0, 0.05) is 0 Å². The molecule has 0 saturated carbocycles. The Labute approximate surface area is 77.3 Å². The molecule has 0 aromatic rings. The molecular formula is C8H16IN. The molecular weight excluding hydrogens is 237 g/mol. The van der Waals surface area contributed by atoms with Gasteiger partial charge >= 0.3 is 0 Å². The van der Waals surface area contributed by atoms with Gasteiger partial charge in [0.15, 0.2) is 0 Å². The fourth-order valence-electron chi connectivity index (χ4n) is 1.40. The van der Waals surface area contributed by atoms with Gasteiger partial charge in [0.1, 0.15) is 0 Å². The Morgan fingerprint density at radius 2 is 2.40 bits per heavy atom. The Kier molecular flexibility index (Phi) is 3.99. The summed E-state index contributed by atoms with van der Waals surface area (Å²) < 4.78 is 0.837. The number of nitrogens with zero attached hydrogens (tertiary/aromatic N) is 1. The maximum absolute atomic E-state index is 2.60. The lowest BCUT2D eigenvalue weighted by molar-refractivity contribution is 0.321. The van der Waals surface area contributed by atoms with E-state index in [-0.39, 0.29) is 0 Å². The van der Waals surface area contributed by atoms with Gasteiger partial charge in [-0.25, -0.2) is 0 Å². The van der Waals surface area contributed by atoms with Crippen molar-refractivity contribution in [3.05, 3.63) is 0 Å². The Morgan fingerprint density at radius 1 is 1.60 bits per heavy atom. The summed E-state index contributed by atoms with van der Waals surface area (Å²) in [4.78, 5) is 2.60. The first-order valence-corrected chi connectivity index (χ1v) is 5.47. The summed E-state index contributed by atoms with van der Waals surface area (Å²) in [5.41, 5.74) is 0. The van der Waals surface area contributed by atoms with Crippen LogP contribution in [0.2, 0.25) is 0 Å². The lowest BCUT2D eigenvalue weighted by Crippen LogP contribution is -2.25. The highest BCUT2D eigenvalue weighted by molar-refractivity contribution is 14.1. The molecule has 10 heavy (non-hydrogen) atoms. The molecule has 1 saturated heterocycles. The van der Waals surface area contributed by atoms with Crippen LogP contribution in [0, 0.1) is 0 Å². The van der Waals surface area contributed by atoms with E-state index in [2.05, 4.69) is 34.4 Å². The molecule has 0 amide bonds. The zero-order valence-electron chi connectivity index (χ0n) is 6.65. The number of likely N-dealkylation sites (tertiary alicyclic amines) is 1. The largest absolute Gasteiger partial charge is 0.292 e. The third-order valence-electron chi connectivity index (χ3n) is 2.08. The maximum atomic E-state index is 2.60. The number of halogens is 1. The van der Waals surface area contributed by atoms with Crippen LogP contribution in [-0.4, -0.2) is 22.0 Å². The molecule has 1 heterocycles. The molecule has 60 valence electrons. The van der Waals surface area contributed by atoms with Crippen molar-refractivity contribution in [1.82, 2.24) is 4.90 Å². The van der Waals surface area contributed by atoms with Crippen molar-refractivity contribution in [2.75, 3.05) is 13.1 Å². The molecule has 1 aliphatic heterocycles. The lowest BCUT2D eigenvalue weighted by atomic mass is 10.3. The van der Waals surface area contributed by atoms with Gasteiger partial charge in [-0.05, 0) is 32.4 Å². The van der Waals surface area contributed by atoms with E-state index < -0.39 is 0 Å². The zero-order valence-corrected chi connectivity index (χ0v) is 8.80. The van der Waals surface area contributed by atoms with Crippen LogP contribution < -0.4 is 0 Å². The molecule has 0 bridgehead atoms. The second kappa shape index (κ2) is 4.54. The van der Waals surface area contributed by atoms with E-state index in [0.29, 0.717) is 0 Å². The van der Waals surface area contributed by atoms with Gasteiger partial charge in [-0.1, -0.05) is 35.9 Å². The molecule has 0 spiro atoms. The molecule has 0 N–H and O–H groups in total. The van der Waals surface area contributed by atoms with Crippen molar-refractivity contribution in [2.45, 2.75) is 36.7 Å². The number of unbranched alkanes of at least 4 members (excludes halogenated alkanes) is 1. The Morgan fingerprint density at radius 3 is 2.90 bits per heavy atom. The molecule has 0 aromatic carbocycles. The maximum Gasteiger partial charge on any atom is 0.0619 e. The van der Waals surface area contributed by atoms with Gasteiger partial charge in [0.25, 0.3) is 0 Å². The third kappa shape index (κ3) is 2.38. The lowest BCUT2D eigenvalue weighted by Gasteiger charge is -2.18. The molecule has 1 aliphatic rings. The number of rotatable bonds is 3. The average Bonchev–Trinajstić information content (AvgIpc) is 2.31. The van der Waals surface area contributed by atoms with Gasteiger partial charge < -0.3 is 0 Å². The van der Waals surface area contributed by atoms with Crippen molar-refractivity contribution >= 4 is 22.6 Å². The number of alkyl halides is 1. The van der Waals surface area contributed by atoms with Crippen LogP contribution in [0.1, 0.15) is 32.6 Å². The zero-order chi connectivity index (χ0) is 7.40. The highest BCUT2D eigenvalue weighted by atomic mass is 127. The first-order valence-electron chi connectivity index (χ1n) is 4.22. The van der Waals surface area contributed by atoms with E-state index in [0.717, 1.165) is 4.05 Å². The van der Waals surface area contributed by atoms with Gasteiger partial charge in [0.05, 0.1) is 4.05 Å². The minimum atomic E-state index is 0.837. The molecule has 0 aliphatic carbocycles. The van der Waals surface area contributed by atoms with E-state index >= 15 is 0 Å². The van der Waals surface area contributed by atoms with Crippen LogP contribution >= 0.6 is 22.6 Å². The van der Waals surface area contributed by atoms with Gasteiger partial charge in [-0.3, -0.25) is 4.90 Å². The predicted octanol–water partition coefficient (Wildman–Crippen LogP) is 2.64. The van der Waals surface area contributed by atoms with Crippen LogP contribution in [0.25, 0.3) is 0 Å². The van der Waals surface area contributed by atoms with Crippen LogP contribution in [0.5, 0.6) is 0 Å². The second-order valence-corrected chi connectivity index (χ2v) is 4.40. The summed E-state index contributed by atoms with van der Waals surface area (Å²) in [7, 11) is 0. The Balaban J connectivity index is 2.14. The minimum Gasteiger partial charge on any atom is -0.292 e. The molecule has 0 aromatic heterocycles. The normalized spacial score (nSPS) is 27.6. The van der Waals surface area contributed by atoms with Crippen LogP contribution in [0.15, 0.2) is 0 Å². The van der Waals surface area contributed by atoms with Crippen LogP contribution in [0.3, 0.4) is 0 Å². The Hall–Kier alpha value is 0.690. The summed E-state index contributed by atoms with van der Waals surface area (Å²) in [6.45, 7) is 4.93. The van der Waals surface area contributed by atoms with Crippen LogP contribution in [0.4, 0.5) is 0 Å².